The highest BCUT2D eigenvalue weighted by Crippen LogP contribution is 2.19. The molecule has 2 heterocycles. The molecule has 0 aromatic carbocycles. The second kappa shape index (κ2) is 7.06. The molecule has 1 atom stereocenters. The number of hydrogen-bond donors (Lipinski definition) is 1. The van der Waals surface area contributed by atoms with Crippen LogP contribution < -0.4 is 5.56 Å². The lowest BCUT2D eigenvalue weighted by Crippen LogP contribution is -2.40. The first kappa shape index (κ1) is 15.3. The lowest BCUT2D eigenvalue weighted by atomic mass is 10.2. The Balaban J connectivity index is 1.76. The van der Waals surface area contributed by atoms with E-state index in [2.05, 4.69) is 0 Å². The zero-order valence-electron chi connectivity index (χ0n) is 11.9. The van der Waals surface area contributed by atoms with E-state index in [0.29, 0.717) is 32.4 Å². The van der Waals surface area contributed by atoms with Crippen LogP contribution in [0, 0.1) is 0 Å². The second-order valence-corrected chi connectivity index (χ2v) is 5.27. The average molecular weight is 292 g/mol. The van der Waals surface area contributed by atoms with Crippen molar-refractivity contribution in [2.24, 2.45) is 0 Å². The largest absolute Gasteiger partial charge is 0.480 e. The van der Waals surface area contributed by atoms with Crippen molar-refractivity contribution in [1.82, 2.24) is 9.47 Å². The smallest absolute Gasteiger partial charge is 0.326 e. The van der Waals surface area contributed by atoms with Crippen LogP contribution in [0.4, 0.5) is 0 Å². The predicted octanol–water partition coefficient (Wildman–Crippen LogP) is 1.09. The fraction of sp³-hybridized carbons (Fsp3) is 0.533. The Morgan fingerprint density at radius 3 is 2.81 bits per heavy atom. The normalized spacial score (nSPS) is 17.9. The van der Waals surface area contributed by atoms with Crippen LogP contribution in [-0.2, 0) is 16.1 Å². The van der Waals surface area contributed by atoms with Gasteiger partial charge in [0.25, 0.3) is 0 Å². The highest BCUT2D eigenvalue weighted by atomic mass is 16.4. The first-order valence-electron chi connectivity index (χ1n) is 7.27. The summed E-state index contributed by atoms with van der Waals surface area (Å²) < 4.78 is 1.61. The average Bonchev–Trinajstić information content (AvgIpc) is 2.95. The molecule has 0 saturated carbocycles. The molecule has 1 saturated heterocycles. The van der Waals surface area contributed by atoms with E-state index in [0.717, 1.165) is 12.8 Å². The van der Waals surface area contributed by atoms with Crippen LogP contribution >= 0.6 is 0 Å². The maximum absolute atomic E-state index is 12.0. The summed E-state index contributed by atoms with van der Waals surface area (Å²) in [7, 11) is 0. The number of aromatic nitrogens is 1. The van der Waals surface area contributed by atoms with E-state index in [1.807, 2.05) is 0 Å². The molecule has 1 N–H and O–H groups in total. The minimum absolute atomic E-state index is 0.0469. The molecule has 1 aromatic rings. The fourth-order valence-electron chi connectivity index (χ4n) is 2.67. The Kier molecular flexibility index (Phi) is 5.14. The molecule has 0 aliphatic carbocycles. The van der Waals surface area contributed by atoms with Gasteiger partial charge in [-0.2, -0.15) is 0 Å². The van der Waals surface area contributed by atoms with Crippen LogP contribution in [-0.4, -0.2) is 39.0 Å². The molecule has 1 unspecified atom stereocenters. The Labute approximate surface area is 123 Å². The molecule has 1 fully saturated rings. The van der Waals surface area contributed by atoms with Gasteiger partial charge in [0, 0.05) is 31.8 Å². The number of unbranched alkanes of at least 4 members (excludes halogenated alkanes) is 1. The van der Waals surface area contributed by atoms with E-state index in [9.17, 15) is 14.4 Å². The predicted molar refractivity (Wildman–Crippen MR) is 76.9 cm³/mol. The van der Waals surface area contributed by atoms with Crippen LogP contribution in [0.25, 0.3) is 0 Å². The lowest BCUT2D eigenvalue weighted by Gasteiger charge is -2.21. The van der Waals surface area contributed by atoms with Crippen LogP contribution in [0.3, 0.4) is 0 Å². The van der Waals surface area contributed by atoms with Gasteiger partial charge in [0.15, 0.2) is 0 Å². The summed E-state index contributed by atoms with van der Waals surface area (Å²) in [5, 5.41) is 9.05. The lowest BCUT2D eigenvalue weighted by molar-refractivity contribution is -0.148. The summed E-state index contributed by atoms with van der Waals surface area (Å²) in [6, 6.07) is 4.34. The number of carbonyl (C=O) groups excluding carboxylic acids is 1. The molecule has 1 aliphatic heterocycles. The molecule has 0 spiro atoms. The monoisotopic (exact) mass is 292 g/mol. The number of carbonyl (C=O) groups is 2. The van der Waals surface area contributed by atoms with E-state index in [1.54, 1.807) is 22.9 Å². The highest BCUT2D eigenvalue weighted by Gasteiger charge is 2.33. The zero-order chi connectivity index (χ0) is 15.2. The minimum atomic E-state index is -0.920. The van der Waals surface area contributed by atoms with Crippen molar-refractivity contribution >= 4 is 11.9 Å². The third-order valence-electron chi connectivity index (χ3n) is 3.80. The van der Waals surface area contributed by atoms with Crippen molar-refractivity contribution in [2.45, 2.75) is 44.7 Å². The Morgan fingerprint density at radius 1 is 1.29 bits per heavy atom. The van der Waals surface area contributed by atoms with E-state index < -0.39 is 12.0 Å². The number of aliphatic carboxylic acids is 1. The van der Waals surface area contributed by atoms with Gasteiger partial charge in [-0.15, -0.1) is 0 Å². The summed E-state index contributed by atoms with van der Waals surface area (Å²) in [6.07, 6.45) is 4.74. The van der Waals surface area contributed by atoms with Gasteiger partial charge < -0.3 is 14.6 Å². The van der Waals surface area contributed by atoms with Crippen LogP contribution in [0.15, 0.2) is 29.2 Å². The maximum atomic E-state index is 12.0. The van der Waals surface area contributed by atoms with Crippen molar-refractivity contribution in [3.05, 3.63) is 34.7 Å². The third-order valence-corrected chi connectivity index (χ3v) is 3.80. The van der Waals surface area contributed by atoms with Gasteiger partial charge in [-0.25, -0.2) is 4.79 Å². The number of hydrogen-bond acceptors (Lipinski definition) is 3. The fourth-order valence-corrected chi connectivity index (χ4v) is 2.67. The van der Waals surface area contributed by atoms with Crippen molar-refractivity contribution in [3.8, 4) is 0 Å². The Hall–Kier alpha value is -2.11. The molecular formula is C15H20N2O4. The molecule has 0 bridgehead atoms. The van der Waals surface area contributed by atoms with Gasteiger partial charge in [0.05, 0.1) is 0 Å². The number of carboxylic acid groups (broad SMARTS) is 1. The van der Waals surface area contributed by atoms with Gasteiger partial charge in [-0.3, -0.25) is 9.59 Å². The quantitative estimate of drug-likeness (QED) is 0.796. The van der Waals surface area contributed by atoms with Gasteiger partial charge in [-0.1, -0.05) is 6.07 Å². The second-order valence-electron chi connectivity index (χ2n) is 5.27. The first-order chi connectivity index (χ1) is 10.1. The van der Waals surface area contributed by atoms with Crippen molar-refractivity contribution < 1.29 is 14.7 Å². The number of pyridine rings is 1. The summed E-state index contributed by atoms with van der Waals surface area (Å²) in [5.74, 6) is -1.02. The molecule has 21 heavy (non-hydrogen) atoms. The number of rotatable bonds is 6. The SMILES string of the molecule is O=C(O)C1CCCN1C(=O)CCCCn1ccccc1=O. The molecule has 6 heteroatoms. The van der Waals surface area contributed by atoms with E-state index in [1.165, 1.54) is 11.0 Å². The molecule has 114 valence electrons. The maximum Gasteiger partial charge on any atom is 0.326 e. The van der Waals surface area contributed by atoms with Gasteiger partial charge in [-0.05, 0) is 31.7 Å². The number of likely N-dealkylation sites (tertiary alicyclic amines) is 1. The number of carboxylic acids is 1. The number of nitrogens with zero attached hydrogens (tertiary/aromatic N) is 2. The minimum Gasteiger partial charge on any atom is -0.480 e. The van der Waals surface area contributed by atoms with Crippen molar-refractivity contribution in [3.63, 3.8) is 0 Å². The standard InChI is InChI=1S/C15H20N2O4/c18-13-7-1-3-9-16(13)10-4-2-8-14(19)17-11-5-6-12(17)15(20)21/h1,3,7,9,12H,2,4-6,8,10-11H2,(H,20,21). The third kappa shape index (κ3) is 3.93. The Bertz CT molecular complexity index is 567. The molecule has 1 amide bonds. The molecule has 1 aliphatic rings. The topological polar surface area (TPSA) is 79.6 Å². The molecule has 0 radical (unpaired) electrons. The molecule has 1 aromatic heterocycles. The zero-order valence-corrected chi connectivity index (χ0v) is 11.9. The first-order valence-corrected chi connectivity index (χ1v) is 7.27. The van der Waals surface area contributed by atoms with Crippen LogP contribution in [0.1, 0.15) is 32.1 Å². The van der Waals surface area contributed by atoms with Crippen LogP contribution in [0.5, 0.6) is 0 Å². The van der Waals surface area contributed by atoms with E-state index >= 15 is 0 Å². The van der Waals surface area contributed by atoms with Gasteiger partial charge in [0.1, 0.15) is 6.04 Å². The summed E-state index contributed by atoms with van der Waals surface area (Å²) >= 11 is 0. The highest BCUT2D eigenvalue weighted by molar-refractivity contribution is 5.84. The van der Waals surface area contributed by atoms with Gasteiger partial charge >= 0.3 is 5.97 Å². The summed E-state index contributed by atoms with van der Waals surface area (Å²) in [5.41, 5.74) is -0.0469. The van der Waals surface area contributed by atoms with E-state index in [4.69, 9.17) is 5.11 Å². The number of amides is 1. The summed E-state index contributed by atoms with van der Waals surface area (Å²) in [4.78, 5) is 36.0. The Morgan fingerprint density at radius 2 is 2.10 bits per heavy atom. The molecule has 2 rings (SSSR count). The van der Waals surface area contributed by atoms with Crippen LogP contribution in [0.2, 0.25) is 0 Å². The molecule has 6 nitrogen and oxygen atoms in total. The molecular weight excluding hydrogens is 272 g/mol. The van der Waals surface area contributed by atoms with Crippen molar-refractivity contribution in [2.75, 3.05) is 6.54 Å². The number of aryl methyl sites for hydroxylation is 1. The summed E-state index contributed by atoms with van der Waals surface area (Å²) in [6.45, 7) is 1.11. The van der Waals surface area contributed by atoms with Crippen molar-refractivity contribution in [1.29, 1.82) is 0 Å². The van der Waals surface area contributed by atoms with Gasteiger partial charge in [0.2, 0.25) is 11.5 Å². The van der Waals surface area contributed by atoms with E-state index in [-0.39, 0.29) is 11.5 Å².